The molecule has 0 aliphatic carbocycles. The van der Waals surface area contributed by atoms with Crippen molar-refractivity contribution in [2.45, 2.75) is 0 Å². The molecule has 0 radical (unpaired) electrons. The summed E-state index contributed by atoms with van der Waals surface area (Å²) in [5.41, 5.74) is 0. The molecule has 0 fully saturated rings. The first kappa shape index (κ1) is 56.2. The molecule has 21 heavy (non-hydrogen) atoms. The Morgan fingerprint density at radius 3 is 0.524 bits per heavy atom. The molecule has 0 saturated heterocycles. The fourth-order valence-electron chi connectivity index (χ4n) is 0. The molecule has 0 bridgehead atoms. The monoisotopic (exact) mass is 482 g/mol. The molecule has 5 N–H and O–H groups in total. The van der Waals surface area contributed by atoms with Gasteiger partial charge in [-0.3, -0.25) is 0 Å². The molecule has 0 aliphatic rings. The van der Waals surface area contributed by atoms with Crippen molar-refractivity contribution < 1.29 is 68.7 Å². The summed E-state index contributed by atoms with van der Waals surface area (Å²) in [6, 6.07) is 0. The van der Waals surface area contributed by atoms with E-state index in [2.05, 4.69) is 0 Å². The molecule has 21 heteroatoms. The van der Waals surface area contributed by atoms with Gasteiger partial charge in [0.1, 0.15) is 0 Å². The van der Waals surface area contributed by atoms with Crippen molar-refractivity contribution in [3.8, 4) is 0 Å². The molecule has 0 atom stereocenters. The Labute approximate surface area is 238 Å². The zero-order valence-corrected chi connectivity index (χ0v) is 21.6. The van der Waals surface area contributed by atoms with Crippen LogP contribution in [0.4, 0.5) is 0 Å². The summed E-state index contributed by atoms with van der Waals surface area (Å²) in [6.07, 6.45) is 0. The smallest absolute Gasteiger partial charge is 0.822 e. The van der Waals surface area contributed by atoms with E-state index in [9.17, 15) is 0 Å². The molecular weight excluding hydrogens is 477 g/mol. The number of rotatable bonds is 0. The number of hydrogen-bond acceptors (Lipinski definition) is 11. The third kappa shape index (κ3) is 490. The van der Waals surface area contributed by atoms with Crippen molar-refractivity contribution in [2.75, 3.05) is 0 Å². The molecule has 0 aromatic heterocycles. The van der Waals surface area contributed by atoms with Crippen LogP contribution in [-0.4, -0.2) is 167 Å². The molecule has 0 saturated carbocycles. The van der Waals surface area contributed by atoms with E-state index in [-0.39, 0.29) is 162 Å². The van der Waals surface area contributed by atoms with Gasteiger partial charge < -0.3 is 68.7 Å². The van der Waals surface area contributed by atoms with Crippen LogP contribution in [0.1, 0.15) is 0 Å². The Hall–Kier alpha value is 5.29. The predicted molar refractivity (Wildman–Crippen MR) is 55.3 cm³/mol. The first-order valence-electron chi connectivity index (χ1n) is 2.21. The van der Waals surface area contributed by atoms with Crippen LogP contribution in [-0.2, 0) is 13.7 Å². The van der Waals surface area contributed by atoms with E-state index >= 15 is 0 Å². The molecule has 14 nitrogen and oxygen atoms in total. The van der Waals surface area contributed by atoms with Crippen LogP contribution in [0, 0.1) is 0 Å². The second kappa shape index (κ2) is 27.5. The van der Waals surface area contributed by atoms with Gasteiger partial charge in [0.25, 0.3) is 0 Å². The standard InChI is InChI=1S/4Ca.3H3O4P.2H2O/c;;;;3*1-5(2,3)4;;/h;;;;3*(H3,1,2,3,4);2*1H2/q4*+2;;;;;/p-8. The summed E-state index contributed by atoms with van der Waals surface area (Å²) >= 11 is 0. The van der Waals surface area contributed by atoms with Crippen molar-refractivity contribution in [1.82, 2.24) is 0 Å². The van der Waals surface area contributed by atoms with Crippen LogP contribution in [0.5, 0.6) is 0 Å². The topological polar surface area (TPSA) is 319 Å². The van der Waals surface area contributed by atoms with Gasteiger partial charge in [-0.15, -0.1) is 0 Å². The van der Waals surface area contributed by atoms with E-state index in [1.54, 1.807) is 0 Å². The Kier molecular flexibility index (Phi) is 73.7. The first-order valence-corrected chi connectivity index (χ1v) is 6.62. The van der Waals surface area contributed by atoms with E-state index in [1.807, 2.05) is 0 Å². The second-order valence-corrected chi connectivity index (χ2v) is 4.09. The van der Waals surface area contributed by atoms with Gasteiger partial charge in [-0.05, 0) is 0 Å². The van der Waals surface area contributed by atoms with Crippen LogP contribution in [0.15, 0.2) is 0 Å². The number of hydrogen-bond donors (Lipinski definition) is 1. The predicted octanol–water partition coefficient (Wildman–Crippen LogP) is -11.0. The summed E-state index contributed by atoms with van der Waals surface area (Å²) < 4.78 is 25.8. The van der Waals surface area contributed by atoms with Gasteiger partial charge in [-0.1, -0.05) is 0 Å². The van der Waals surface area contributed by atoms with Crippen LogP contribution in [0.25, 0.3) is 0 Å². The Balaban J connectivity index is -0.0000000129. The summed E-state index contributed by atoms with van der Waals surface area (Å²) in [5.74, 6) is 0. The minimum absolute atomic E-state index is 0. The summed E-state index contributed by atoms with van der Waals surface area (Å²) in [5, 5.41) is 0. The van der Waals surface area contributed by atoms with Gasteiger partial charge in [0.15, 0.2) is 0 Å². The van der Waals surface area contributed by atoms with E-state index in [4.69, 9.17) is 57.7 Å². The summed E-state index contributed by atoms with van der Waals surface area (Å²) in [6.45, 7) is 0. The van der Waals surface area contributed by atoms with Crippen LogP contribution < -0.4 is 39.1 Å². The largest absolute Gasteiger partial charge is 2.00 e. The maximum absolute atomic E-state index is 8.66. The second-order valence-electron chi connectivity index (χ2n) is 1.36. The minimum Gasteiger partial charge on any atom is -0.822 e. The zero-order valence-electron chi connectivity index (χ0n) is 10.1. The van der Waals surface area contributed by atoms with E-state index in [0.717, 1.165) is 0 Å². The molecule has 0 aromatic carbocycles. The molecule has 0 rings (SSSR count). The van der Waals surface area contributed by atoms with Crippen molar-refractivity contribution >= 4 is 174 Å². The summed E-state index contributed by atoms with van der Waals surface area (Å²) in [7, 11) is -15.9. The Bertz CT molecular complexity index is 212. The number of phosphoric acid groups is 3. The molecule has 0 heterocycles. The maximum Gasteiger partial charge on any atom is 2.00 e. The van der Waals surface area contributed by atoms with Gasteiger partial charge in [-0.2, -0.15) is 15.6 Å². The van der Waals surface area contributed by atoms with Gasteiger partial charge in [0, 0.05) is 0 Å². The fourth-order valence-corrected chi connectivity index (χ4v) is 0. The fraction of sp³-hybridized carbons (Fsp3) is 0. The molecular formula is H5Ca4O14P3. The Morgan fingerprint density at radius 1 is 0.524 bits per heavy atom. The SMILES string of the molecule is O.O.O=P([O-])([O-])O.O=P([O-])([O-])[O-].O=P([O-])([O-])[O-].[Ca+2].[Ca+2].[Ca+2].[Ca+2]. The van der Waals surface area contributed by atoms with E-state index < -0.39 is 23.5 Å². The maximum atomic E-state index is 8.66. The molecule has 0 unspecified atom stereocenters. The van der Waals surface area contributed by atoms with Crippen LogP contribution in [0.2, 0.25) is 0 Å². The average molecular weight is 482 g/mol. The Morgan fingerprint density at radius 2 is 0.524 bits per heavy atom. The summed E-state index contributed by atoms with van der Waals surface area (Å²) in [4.78, 5) is 75.6. The van der Waals surface area contributed by atoms with Gasteiger partial charge in [0.05, 0.1) is 7.82 Å². The third-order valence-corrected chi connectivity index (χ3v) is 0. The zero-order chi connectivity index (χ0) is 13.5. The van der Waals surface area contributed by atoms with Crippen molar-refractivity contribution in [1.29, 1.82) is 0 Å². The van der Waals surface area contributed by atoms with E-state index in [1.165, 1.54) is 0 Å². The van der Waals surface area contributed by atoms with Crippen molar-refractivity contribution in [3.05, 3.63) is 0 Å². The molecule has 0 aromatic rings. The third-order valence-electron chi connectivity index (χ3n) is 0. The van der Waals surface area contributed by atoms with Crippen LogP contribution in [0.3, 0.4) is 0 Å². The van der Waals surface area contributed by atoms with Gasteiger partial charge in [0.2, 0.25) is 0 Å². The van der Waals surface area contributed by atoms with E-state index in [0.29, 0.717) is 0 Å². The normalized spacial score (nSPS) is 8.43. The van der Waals surface area contributed by atoms with Crippen molar-refractivity contribution in [3.63, 3.8) is 0 Å². The molecule has 112 valence electrons. The van der Waals surface area contributed by atoms with Crippen molar-refractivity contribution in [2.24, 2.45) is 0 Å². The molecule has 0 aliphatic heterocycles. The minimum atomic E-state index is -5.39. The molecule has 0 amide bonds. The first-order chi connectivity index (χ1) is 6.00. The molecule has 0 spiro atoms. The van der Waals surface area contributed by atoms with Gasteiger partial charge >= 0.3 is 151 Å². The van der Waals surface area contributed by atoms with Gasteiger partial charge in [-0.25, -0.2) is 0 Å². The average Bonchev–Trinajstić information content (AvgIpc) is 1.41. The quantitative estimate of drug-likeness (QED) is 0.248. The van der Waals surface area contributed by atoms with Crippen LogP contribution >= 0.6 is 23.5 Å².